The number of methoxy groups -OCH3 is 1. The Kier molecular flexibility index (Phi) is 4.40. The summed E-state index contributed by atoms with van der Waals surface area (Å²) >= 11 is 0. The number of Topliss-reactive ketones (excluding diaryl/α,β-unsaturated/α-hetero) is 1. The molecule has 2 N–H and O–H groups in total. The molecule has 8 heteroatoms. The lowest BCUT2D eigenvalue weighted by Gasteiger charge is -2.13. The number of hydrogen-bond donors (Lipinski definition) is 2. The van der Waals surface area contributed by atoms with E-state index in [2.05, 4.69) is 5.32 Å². The maximum Gasteiger partial charge on any atom is 0.293 e. The summed E-state index contributed by atoms with van der Waals surface area (Å²) in [6.45, 7) is 0. The molecule has 3 rings (SSSR count). The van der Waals surface area contributed by atoms with E-state index >= 15 is 0 Å². The predicted octanol–water partition coefficient (Wildman–Crippen LogP) is 2.31. The number of aliphatic hydroxyl groups is 1. The Labute approximate surface area is 147 Å². The highest BCUT2D eigenvalue weighted by molar-refractivity contribution is 6.46. The van der Waals surface area contributed by atoms with E-state index in [4.69, 9.17) is 4.74 Å². The zero-order valence-corrected chi connectivity index (χ0v) is 13.6. The van der Waals surface area contributed by atoms with Gasteiger partial charge in [-0.2, -0.15) is 0 Å². The van der Waals surface area contributed by atoms with E-state index in [1.54, 1.807) is 24.3 Å². The number of aliphatic hydroxyl groups excluding tert-OH is 1. The first-order valence-corrected chi connectivity index (χ1v) is 7.59. The largest absolute Gasteiger partial charge is 0.507 e. The van der Waals surface area contributed by atoms with Crippen molar-refractivity contribution in [3.63, 3.8) is 0 Å². The number of rotatable bonds is 4. The van der Waals surface area contributed by atoms with Crippen LogP contribution >= 0.6 is 0 Å². The highest BCUT2D eigenvalue weighted by Crippen LogP contribution is 2.34. The van der Waals surface area contributed by atoms with Gasteiger partial charge in [0.25, 0.3) is 17.4 Å². The Hall–Kier alpha value is -3.68. The first-order chi connectivity index (χ1) is 12.4. The van der Waals surface area contributed by atoms with E-state index < -0.39 is 22.7 Å². The summed E-state index contributed by atoms with van der Waals surface area (Å²) in [5, 5.41) is 24.0. The van der Waals surface area contributed by atoms with E-state index in [0.29, 0.717) is 16.9 Å². The van der Waals surface area contributed by atoms with Gasteiger partial charge in [-0.25, -0.2) is 0 Å². The van der Waals surface area contributed by atoms with Gasteiger partial charge < -0.3 is 15.2 Å². The number of nitro benzene ring substituents is 1. The first-order valence-electron chi connectivity index (χ1n) is 7.59. The summed E-state index contributed by atoms with van der Waals surface area (Å²) in [4.78, 5) is 34.5. The van der Waals surface area contributed by atoms with Gasteiger partial charge in [-0.05, 0) is 29.8 Å². The molecule has 1 fully saturated rings. The fourth-order valence-corrected chi connectivity index (χ4v) is 2.74. The SMILES string of the molecule is COc1ccc(C(O)=C2C(=O)C(=O)N[C@H]2c2cccc([N+](=O)[O-])c2)cc1. The maximum atomic E-state index is 12.3. The standard InChI is InChI=1S/C18H14N2O6/c1-26-13-7-5-10(6-8-13)16(21)14-15(19-18(23)17(14)22)11-3-2-4-12(9-11)20(24)25/h2-9,15,21H,1H3,(H,19,23)/t15-/m0/s1. The van der Waals surface area contributed by atoms with Crippen molar-refractivity contribution >= 4 is 23.1 Å². The summed E-state index contributed by atoms with van der Waals surface area (Å²) < 4.78 is 5.04. The van der Waals surface area contributed by atoms with Crippen molar-refractivity contribution in [3.05, 3.63) is 75.3 Å². The van der Waals surface area contributed by atoms with Crippen LogP contribution in [0.4, 0.5) is 5.69 Å². The molecule has 0 saturated carbocycles. The van der Waals surface area contributed by atoms with E-state index in [1.807, 2.05) is 0 Å². The van der Waals surface area contributed by atoms with Gasteiger partial charge in [0.05, 0.1) is 23.6 Å². The fourth-order valence-electron chi connectivity index (χ4n) is 2.74. The van der Waals surface area contributed by atoms with Crippen LogP contribution in [0, 0.1) is 10.1 Å². The van der Waals surface area contributed by atoms with Crippen LogP contribution in [0.5, 0.6) is 5.75 Å². The molecular formula is C18H14N2O6. The Balaban J connectivity index is 2.09. The van der Waals surface area contributed by atoms with Crippen molar-refractivity contribution in [1.82, 2.24) is 5.32 Å². The lowest BCUT2D eigenvalue weighted by molar-refractivity contribution is -0.384. The number of non-ortho nitro benzene ring substituents is 1. The zero-order valence-electron chi connectivity index (χ0n) is 13.6. The second kappa shape index (κ2) is 6.67. The quantitative estimate of drug-likeness (QED) is 0.286. The molecule has 2 aromatic carbocycles. The summed E-state index contributed by atoms with van der Waals surface area (Å²) in [7, 11) is 1.49. The number of hydrogen-bond acceptors (Lipinski definition) is 6. The number of nitro groups is 1. The third-order valence-electron chi connectivity index (χ3n) is 4.05. The molecule has 0 aliphatic carbocycles. The number of amides is 1. The number of ether oxygens (including phenoxy) is 1. The van der Waals surface area contributed by atoms with Crippen LogP contribution in [0.3, 0.4) is 0 Å². The molecule has 1 saturated heterocycles. The Bertz CT molecular complexity index is 933. The zero-order chi connectivity index (χ0) is 18.8. The Morgan fingerprint density at radius 3 is 2.50 bits per heavy atom. The van der Waals surface area contributed by atoms with Gasteiger partial charge in [-0.15, -0.1) is 0 Å². The van der Waals surface area contributed by atoms with Gasteiger partial charge in [0.1, 0.15) is 11.5 Å². The van der Waals surface area contributed by atoms with E-state index in [0.717, 1.165) is 0 Å². The molecular weight excluding hydrogens is 340 g/mol. The lowest BCUT2D eigenvalue weighted by atomic mass is 9.95. The number of carbonyl (C=O) groups is 2. The average molecular weight is 354 g/mol. The minimum Gasteiger partial charge on any atom is -0.507 e. The van der Waals surface area contributed by atoms with Crippen molar-refractivity contribution in [2.75, 3.05) is 7.11 Å². The third-order valence-corrected chi connectivity index (χ3v) is 4.05. The highest BCUT2D eigenvalue weighted by Gasteiger charge is 2.39. The molecule has 1 amide bonds. The van der Waals surface area contributed by atoms with Crippen molar-refractivity contribution in [3.8, 4) is 5.75 Å². The Morgan fingerprint density at radius 2 is 1.88 bits per heavy atom. The van der Waals surface area contributed by atoms with Crippen LogP contribution in [-0.4, -0.2) is 28.8 Å². The average Bonchev–Trinajstić information content (AvgIpc) is 2.96. The topological polar surface area (TPSA) is 119 Å². The van der Waals surface area contributed by atoms with Crippen LogP contribution in [-0.2, 0) is 9.59 Å². The molecule has 0 unspecified atom stereocenters. The number of carbonyl (C=O) groups excluding carboxylic acids is 2. The van der Waals surface area contributed by atoms with Crippen molar-refractivity contribution < 1.29 is 24.4 Å². The first kappa shape index (κ1) is 17.2. The van der Waals surface area contributed by atoms with Gasteiger partial charge in [-0.1, -0.05) is 12.1 Å². The van der Waals surface area contributed by atoms with Gasteiger partial charge >= 0.3 is 0 Å². The van der Waals surface area contributed by atoms with E-state index in [1.165, 1.54) is 31.4 Å². The third kappa shape index (κ3) is 3.00. The number of nitrogens with zero attached hydrogens (tertiary/aromatic N) is 1. The summed E-state index contributed by atoms with van der Waals surface area (Å²) in [5.41, 5.74) is 0.314. The summed E-state index contributed by atoms with van der Waals surface area (Å²) in [5.74, 6) is -1.56. The molecule has 0 radical (unpaired) electrons. The second-order valence-electron chi connectivity index (χ2n) is 5.58. The molecule has 2 aromatic rings. The second-order valence-corrected chi connectivity index (χ2v) is 5.58. The minimum absolute atomic E-state index is 0.152. The van der Waals surface area contributed by atoms with Crippen LogP contribution in [0.2, 0.25) is 0 Å². The monoisotopic (exact) mass is 354 g/mol. The van der Waals surface area contributed by atoms with Crippen LogP contribution in [0.25, 0.3) is 5.76 Å². The molecule has 0 aromatic heterocycles. The van der Waals surface area contributed by atoms with Gasteiger partial charge in [-0.3, -0.25) is 19.7 Å². The minimum atomic E-state index is -0.975. The number of ketones is 1. The normalized spacial score (nSPS) is 18.4. The maximum absolute atomic E-state index is 12.3. The van der Waals surface area contributed by atoms with Crippen LogP contribution in [0.1, 0.15) is 17.2 Å². The lowest BCUT2D eigenvalue weighted by Crippen LogP contribution is -2.21. The molecule has 1 heterocycles. The number of benzene rings is 2. The molecule has 1 aliphatic rings. The highest BCUT2D eigenvalue weighted by atomic mass is 16.6. The van der Waals surface area contributed by atoms with Crippen LogP contribution in [0.15, 0.2) is 54.1 Å². The van der Waals surface area contributed by atoms with Crippen molar-refractivity contribution in [1.29, 1.82) is 0 Å². The summed E-state index contributed by atoms with van der Waals surface area (Å²) in [6.07, 6.45) is 0. The molecule has 0 spiro atoms. The molecule has 1 aliphatic heterocycles. The smallest absolute Gasteiger partial charge is 0.293 e. The predicted molar refractivity (Wildman–Crippen MR) is 91.5 cm³/mol. The Morgan fingerprint density at radius 1 is 1.19 bits per heavy atom. The van der Waals surface area contributed by atoms with Gasteiger partial charge in [0.15, 0.2) is 0 Å². The summed E-state index contributed by atoms with van der Waals surface area (Å²) in [6, 6.07) is 10.9. The van der Waals surface area contributed by atoms with E-state index in [-0.39, 0.29) is 17.0 Å². The van der Waals surface area contributed by atoms with Crippen LogP contribution < -0.4 is 10.1 Å². The molecule has 1 atom stereocenters. The molecule has 8 nitrogen and oxygen atoms in total. The van der Waals surface area contributed by atoms with Gasteiger partial charge in [0.2, 0.25) is 0 Å². The molecule has 26 heavy (non-hydrogen) atoms. The van der Waals surface area contributed by atoms with Crippen molar-refractivity contribution in [2.45, 2.75) is 6.04 Å². The number of nitrogens with one attached hydrogen (secondary N) is 1. The fraction of sp³-hybridized carbons (Fsp3) is 0.111. The van der Waals surface area contributed by atoms with E-state index in [9.17, 15) is 24.8 Å². The molecule has 0 bridgehead atoms. The van der Waals surface area contributed by atoms with Gasteiger partial charge in [0, 0.05) is 17.7 Å². The van der Waals surface area contributed by atoms with Crippen molar-refractivity contribution in [2.24, 2.45) is 0 Å². The molecule has 132 valence electrons.